The van der Waals surface area contributed by atoms with Crippen LogP contribution in [0.3, 0.4) is 0 Å². The maximum Gasteiger partial charge on any atom is 0.277 e. The Bertz CT molecular complexity index is 1330. The van der Waals surface area contributed by atoms with Crippen LogP contribution in [-0.2, 0) is 14.4 Å². The third-order valence-corrected chi connectivity index (χ3v) is 10.1. The number of fused-ring (bicyclic) bond motifs is 1. The maximum absolute atomic E-state index is 12.6. The van der Waals surface area contributed by atoms with E-state index in [0.29, 0.717) is 42.1 Å². The number of nitrogens with one attached hydrogen (secondary N) is 4. The molecule has 4 aliphatic carbocycles. The zero-order valence-electron chi connectivity index (χ0n) is 22.3. The Morgan fingerprint density at radius 1 is 0.950 bits per heavy atom. The van der Waals surface area contributed by atoms with Crippen LogP contribution >= 0.6 is 11.3 Å². The molecule has 2 aromatic rings. The van der Waals surface area contributed by atoms with Crippen molar-refractivity contribution in [3.05, 3.63) is 40.8 Å². The third-order valence-electron chi connectivity index (χ3n) is 8.87. The number of thiophene rings is 1. The number of hydrogen-bond donors (Lipinski definition) is 4. The lowest BCUT2D eigenvalue weighted by atomic mass is 9.49. The van der Waals surface area contributed by atoms with Crippen molar-refractivity contribution in [2.24, 2.45) is 23.2 Å². The summed E-state index contributed by atoms with van der Waals surface area (Å²) in [4.78, 5) is 49.7. The topological polar surface area (TPSA) is 137 Å². The van der Waals surface area contributed by atoms with Gasteiger partial charge in [0, 0.05) is 24.4 Å². The minimum Gasteiger partial charge on any atom is -0.484 e. The first-order chi connectivity index (χ1) is 19.3. The van der Waals surface area contributed by atoms with E-state index >= 15 is 0 Å². The highest BCUT2D eigenvalue weighted by molar-refractivity contribution is 7.18. The summed E-state index contributed by atoms with van der Waals surface area (Å²) in [5.74, 6) is 1.79. The molecule has 5 aliphatic rings. The predicted octanol–water partition coefficient (Wildman–Crippen LogP) is 3.66. The van der Waals surface area contributed by atoms with Gasteiger partial charge in [-0.2, -0.15) is 0 Å². The van der Waals surface area contributed by atoms with Gasteiger partial charge in [-0.1, -0.05) is 0 Å². The van der Waals surface area contributed by atoms with Gasteiger partial charge in [0.25, 0.3) is 17.7 Å². The molecule has 9 nitrogen and oxygen atoms in total. The van der Waals surface area contributed by atoms with Crippen molar-refractivity contribution in [2.45, 2.75) is 51.4 Å². The Morgan fingerprint density at radius 3 is 2.23 bits per heavy atom. The van der Waals surface area contributed by atoms with Gasteiger partial charge in [0.2, 0.25) is 5.91 Å². The Labute approximate surface area is 236 Å². The molecular formula is C30H34N4O5S. The van der Waals surface area contributed by atoms with Crippen molar-refractivity contribution < 1.29 is 23.9 Å². The molecule has 210 valence electrons. The lowest BCUT2D eigenvalue weighted by molar-refractivity contribution is -0.129. The molecule has 4 amide bonds. The Kier molecular flexibility index (Phi) is 7.20. The molecule has 2 heterocycles. The Balaban J connectivity index is 0.894. The molecule has 1 aromatic heterocycles. The molecule has 0 atom stereocenters. The number of carbonyl (C=O) groups excluding carboxylic acids is 4. The summed E-state index contributed by atoms with van der Waals surface area (Å²) in [5, 5.41) is 16.0. The molecule has 10 heteroatoms. The van der Waals surface area contributed by atoms with Crippen LogP contribution in [0.5, 0.6) is 5.75 Å². The van der Waals surface area contributed by atoms with E-state index in [0.717, 1.165) is 28.2 Å². The zero-order valence-corrected chi connectivity index (χ0v) is 23.2. The number of imide groups is 1. The van der Waals surface area contributed by atoms with E-state index in [1.165, 1.54) is 49.9 Å². The van der Waals surface area contributed by atoms with Crippen molar-refractivity contribution in [2.75, 3.05) is 19.7 Å². The molecule has 0 spiro atoms. The summed E-state index contributed by atoms with van der Waals surface area (Å²) in [5.41, 5.74) is 1.17. The largest absolute Gasteiger partial charge is 0.484 e. The van der Waals surface area contributed by atoms with Crippen molar-refractivity contribution in [1.29, 1.82) is 5.41 Å². The molecule has 1 aromatic carbocycles. The lowest BCUT2D eigenvalue weighted by Crippen LogP contribution is -2.48. The van der Waals surface area contributed by atoms with E-state index in [4.69, 9.17) is 10.1 Å². The lowest BCUT2D eigenvalue weighted by Gasteiger charge is -2.56. The van der Waals surface area contributed by atoms with Gasteiger partial charge in [-0.3, -0.25) is 29.9 Å². The highest BCUT2D eigenvalue weighted by Crippen LogP contribution is 2.61. The van der Waals surface area contributed by atoms with E-state index in [2.05, 4.69) is 16.0 Å². The number of rotatable bonds is 10. The minimum atomic E-state index is -0.690. The van der Waals surface area contributed by atoms with Crippen molar-refractivity contribution in [3.63, 3.8) is 0 Å². The highest BCUT2D eigenvalue weighted by Gasteiger charge is 2.51. The van der Waals surface area contributed by atoms with Crippen LogP contribution < -0.4 is 20.7 Å². The van der Waals surface area contributed by atoms with Crippen LogP contribution in [-0.4, -0.2) is 49.0 Å². The summed E-state index contributed by atoms with van der Waals surface area (Å²) in [7, 11) is 0. The van der Waals surface area contributed by atoms with Gasteiger partial charge in [-0.05, 0) is 104 Å². The van der Waals surface area contributed by atoms with Crippen LogP contribution in [0.4, 0.5) is 0 Å². The van der Waals surface area contributed by atoms with Crippen LogP contribution in [0, 0.1) is 28.6 Å². The van der Waals surface area contributed by atoms with E-state index in [1.807, 2.05) is 0 Å². The second-order valence-corrected chi connectivity index (χ2v) is 13.0. The van der Waals surface area contributed by atoms with Crippen LogP contribution in [0.15, 0.2) is 30.3 Å². The van der Waals surface area contributed by atoms with Crippen LogP contribution in [0.25, 0.3) is 10.4 Å². The fraction of sp³-hybridized carbons (Fsp3) is 0.500. The quantitative estimate of drug-likeness (QED) is 0.259. The fourth-order valence-corrected chi connectivity index (χ4v) is 8.70. The molecule has 7 rings (SSSR count). The van der Waals surface area contributed by atoms with E-state index in [-0.39, 0.29) is 29.5 Å². The van der Waals surface area contributed by atoms with E-state index in [9.17, 15) is 19.2 Å². The highest BCUT2D eigenvalue weighted by atomic mass is 32.1. The standard InChI is InChI=1S/C30H34N4O5S/c31-26-27-22(28(37)34-29(26)38)11-23(40-27)20-2-4-21(5-3-20)39-16-25(36)33-7-1-6-32-24(35)15-30-12-17-8-18(13-30)10-19(9-17)14-30/h2-5,11,17-19,31H,1,6-10,12-16H2,(H,32,35)(H,33,36)(H,34,37,38). The summed E-state index contributed by atoms with van der Waals surface area (Å²) in [6.07, 6.45) is 9.15. The molecule has 40 heavy (non-hydrogen) atoms. The number of amides is 4. The summed E-state index contributed by atoms with van der Waals surface area (Å²) >= 11 is 1.22. The Morgan fingerprint density at radius 2 is 1.57 bits per heavy atom. The van der Waals surface area contributed by atoms with Gasteiger partial charge < -0.3 is 15.4 Å². The van der Waals surface area contributed by atoms with E-state index in [1.54, 1.807) is 30.3 Å². The molecule has 0 unspecified atom stereocenters. The van der Waals surface area contributed by atoms with Gasteiger partial charge >= 0.3 is 0 Å². The van der Waals surface area contributed by atoms with Crippen molar-refractivity contribution >= 4 is 40.7 Å². The number of carbonyl (C=O) groups is 4. The summed E-state index contributed by atoms with van der Waals surface area (Å²) in [6.45, 7) is 0.895. The first-order valence-corrected chi connectivity index (χ1v) is 14.9. The molecular weight excluding hydrogens is 528 g/mol. The fourth-order valence-electron chi connectivity index (χ4n) is 7.59. The van der Waals surface area contributed by atoms with Gasteiger partial charge in [-0.15, -0.1) is 11.3 Å². The molecule has 4 fully saturated rings. The molecule has 0 saturated heterocycles. The predicted molar refractivity (Wildman–Crippen MR) is 150 cm³/mol. The average molecular weight is 563 g/mol. The average Bonchev–Trinajstić information content (AvgIpc) is 3.36. The maximum atomic E-state index is 12.6. The second-order valence-electron chi connectivity index (χ2n) is 12.0. The van der Waals surface area contributed by atoms with Crippen molar-refractivity contribution in [1.82, 2.24) is 16.0 Å². The molecule has 4 N–H and O–H groups in total. The van der Waals surface area contributed by atoms with E-state index < -0.39 is 11.8 Å². The smallest absolute Gasteiger partial charge is 0.277 e. The molecule has 4 bridgehead atoms. The summed E-state index contributed by atoms with van der Waals surface area (Å²) in [6, 6.07) is 8.75. The second kappa shape index (κ2) is 10.8. The minimum absolute atomic E-state index is 0.121. The Hall–Kier alpha value is -3.53. The van der Waals surface area contributed by atoms with Gasteiger partial charge in [0.05, 0.1) is 10.4 Å². The molecule has 0 radical (unpaired) electrons. The van der Waals surface area contributed by atoms with Gasteiger partial charge in [-0.25, -0.2) is 0 Å². The first kappa shape index (κ1) is 26.7. The summed E-state index contributed by atoms with van der Waals surface area (Å²) < 4.78 is 5.60. The first-order valence-electron chi connectivity index (χ1n) is 14.1. The molecule has 1 aliphatic heterocycles. The number of hydrogen-bond acceptors (Lipinski definition) is 7. The number of benzene rings is 1. The van der Waals surface area contributed by atoms with Crippen LogP contribution in [0.1, 0.15) is 66.6 Å². The van der Waals surface area contributed by atoms with Crippen molar-refractivity contribution in [3.8, 4) is 16.2 Å². The monoisotopic (exact) mass is 562 g/mol. The zero-order chi connectivity index (χ0) is 27.9. The number of ether oxygens (including phenoxy) is 1. The normalized spacial score (nSPS) is 26.3. The third kappa shape index (κ3) is 5.54. The van der Waals surface area contributed by atoms with Crippen LogP contribution in [0.2, 0.25) is 0 Å². The molecule has 4 saturated carbocycles. The SMILES string of the molecule is N=C1C(=O)NC(=O)c2cc(-c3ccc(OCC(=O)NCCCNC(=O)CC45CC6CC(CC(C6)C4)C5)cc3)sc21. The van der Waals surface area contributed by atoms with Gasteiger partial charge in [0.1, 0.15) is 11.5 Å². The van der Waals surface area contributed by atoms with Gasteiger partial charge in [0.15, 0.2) is 6.61 Å².